The summed E-state index contributed by atoms with van der Waals surface area (Å²) >= 11 is 6.11. The molecule has 0 bridgehead atoms. The van der Waals surface area contributed by atoms with E-state index in [0.29, 0.717) is 12.5 Å². The number of amides is 1. The first-order valence-electron chi connectivity index (χ1n) is 8.08. The van der Waals surface area contributed by atoms with Crippen LogP contribution in [0.4, 0.5) is 18.9 Å². The first-order valence-corrected chi connectivity index (χ1v) is 9.94. The number of carbonyl (C=O) groups is 1. The third kappa shape index (κ3) is 4.83. The lowest BCUT2D eigenvalue weighted by molar-refractivity contribution is -0.141. The van der Waals surface area contributed by atoms with Gasteiger partial charge in [0.25, 0.3) is 5.91 Å². The number of carbonyl (C=O) groups excluding carboxylic acids is 1. The van der Waals surface area contributed by atoms with Crippen LogP contribution in [0.5, 0.6) is 0 Å². The molecule has 7 nitrogen and oxygen atoms in total. The van der Waals surface area contributed by atoms with Gasteiger partial charge in [0.05, 0.1) is 5.02 Å². The smallest absolute Gasteiger partial charge is 0.344 e. The van der Waals surface area contributed by atoms with Gasteiger partial charge in [0.2, 0.25) is 10.0 Å². The van der Waals surface area contributed by atoms with E-state index in [2.05, 4.69) is 15.0 Å². The van der Waals surface area contributed by atoms with Crippen LogP contribution >= 0.6 is 11.6 Å². The molecule has 0 spiro atoms. The van der Waals surface area contributed by atoms with Gasteiger partial charge in [0, 0.05) is 31.2 Å². The van der Waals surface area contributed by atoms with Gasteiger partial charge in [-0.2, -0.15) is 13.2 Å². The average molecular weight is 439 g/mol. The fraction of sp³-hybridized carbons (Fsp3) is 0.375. The second-order valence-corrected chi connectivity index (χ2v) is 8.14. The van der Waals surface area contributed by atoms with Crippen LogP contribution < -0.4 is 10.0 Å². The molecule has 0 fully saturated rings. The molecule has 1 amide bonds. The van der Waals surface area contributed by atoms with Crippen molar-refractivity contribution in [2.24, 2.45) is 7.05 Å². The highest BCUT2D eigenvalue weighted by Gasteiger charge is 2.33. The van der Waals surface area contributed by atoms with E-state index in [0.717, 1.165) is 12.4 Å². The standard InChI is InChI=1S/C16H18ClF3N4O3S/c1-4-9(2)23-28(26,27)11-8-24(3)14(13(11)17)15(25)22-10-5-6-21-12(7-10)16(18,19)20/h5-9,23H,4H2,1-3H3,(H,21,22,25)/t9-/m1/s1. The molecule has 0 unspecified atom stereocenters. The molecule has 2 rings (SSSR count). The van der Waals surface area contributed by atoms with Gasteiger partial charge in [-0.15, -0.1) is 0 Å². The monoisotopic (exact) mass is 438 g/mol. The third-order valence-electron chi connectivity index (χ3n) is 3.87. The van der Waals surface area contributed by atoms with Crippen molar-refractivity contribution >= 4 is 33.2 Å². The average Bonchev–Trinajstić information content (AvgIpc) is 2.89. The SMILES string of the molecule is CC[C@@H](C)NS(=O)(=O)c1cn(C)c(C(=O)Nc2ccnc(C(F)(F)F)c2)c1Cl. The molecule has 2 aromatic rings. The molecule has 0 radical (unpaired) electrons. The number of rotatable bonds is 6. The maximum Gasteiger partial charge on any atom is 0.433 e. The summed E-state index contributed by atoms with van der Waals surface area (Å²) < 4.78 is 66.8. The molecule has 154 valence electrons. The van der Waals surface area contributed by atoms with Crippen LogP contribution in [0.15, 0.2) is 29.4 Å². The van der Waals surface area contributed by atoms with Gasteiger partial charge < -0.3 is 9.88 Å². The van der Waals surface area contributed by atoms with E-state index in [4.69, 9.17) is 11.6 Å². The zero-order chi connectivity index (χ0) is 21.3. The maximum absolute atomic E-state index is 12.8. The summed E-state index contributed by atoms with van der Waals surface area (Å²) in [7, 11) is -2.58. The Morgan fingerprint density at radius 1 is 1.39 bits per heavy atom. The van der Waals surface area contributed by atoms with Gasteiger partial charge >= 0.3 is 6.18 Å². The van der Waals surface area contributed by atoms with Gasteiger partial charge in [-0.05, 0) is 25.5 Å². The van der Waals surface area contributed by atoms with Gasteiger partial charge in [0.15, 0.2) is 0 Å². The highest BCUT2D eigenvalue weighted by Crippen LogP contribution is 2.30. The van der Waals surface area contributed by atoms with Crippen molar-refractivity contribution in [3.63, 3.8) is 0 Å². The molecule has 2 heterocycles. The number of pyridine rings is 1. The van der Waals surface area contributed by atoms with Crippen molar-refractivity contribution in [2.45, 2.75) is 37.4 Å². The molecular formula is C16H18ClF3N4O3S. The Morgan fingerprint density at radius 2 is 2.04 bits per heavy atom. The summed E-state index contributed by atoms with van der Waals surface area (Å²) in [6, 6.07) is 1.49. The van der Waals surface area contributed by atoms with Gasteiger partial charge in [-0.25, -0.2) is 13.1 Å². The van der Waals surface area contributed by atoms with Crippen LogP contribution in [-0.4, -0.2) is 29.9 Å². The van der Waals surface area contributed by atoms with E-state index in [1.807, 2.05) is 0 Å². The topological polar surface area (TPSA) is 93.1 Å². The quantitative estimate of drug-likeness (QED) is 0.722. The van der Waals surface area contributed by atoms with Crippen molar-refractivity contribution in [1.29, 1.82) is 0 Å². The number of nitrogens with zero attached hydrogens (tertiary/aromatic N) is 2. The normalized spacial score (nSPS) is 13.4. The molecular weight excluding hydrogens is 421 g/mol. The molecule has 0 aliphatic carbocycles. The molecule has 2 aromatic heterocycles. The van der Waals surface area contributed by atoms with Gasteiger partial charge in [-0.1, -0.05) is 18.5 Å². The Hall–Kier alpha value is -2.11. The zero-order valence-electron chi connectivity index (χ0n) is 15.1. The number of anilines is 1. The molecule has 0 aliphatic rings. The summed E-state index contributed by atoms with van der Waals surface area (Å²) in [5, 5.41) is 1.94. The Morgan fingerprint density at radius 3 is 2.61 bits per heavy atom. The van der Waals surface area contributed by atoms with Crippen LogP contribution in [0.1, 0.15) is 36.5 Å². The van der Waals surface area contributed by atoms with Crippen molar-refractivity contribution in [3.05, 3.63) is 40.9 Å². The molecule has 2 N–H and O–H groups in total. The lowest BCUT2D eigenvalue weighted by atomic mass is 10.3. The molecule has 0 saturated carbocycles. The number of nitrogens with one attached hydrogen (secondary N) is 2. The number of aryl methyl sites for hydroxylation is 1. The number of hydrogen-bond acceptors (Lipinski definition) is 4. The van der Waals surface area contributed by atoms with Crippen LogP contribution in [0, 0.1) is 0 Å². The van der Waals surface area contributed by atoms with E-state index in [9.17, 15) is 26.4 Å². The summed E-state index contributed by atoms with van der Waals surface area (Å²) in [6.07, 6.45) is -2.07. The van der Waals surface area contributed by atoms with Crippen molar-refractivity contribution in [1.82, 2.24) is 14.3 Å². The number of hydrogen-bond donors (Lipinski definition) is 2. The van der Waals surface area contributed by atoms with Crippen LogP contribution in [0.2, 0.25) is 5.02 Å². The Labute approximate surface area is 165 Å². The van der Waals surface area contributed by atoms with Gasteiger partial charge in [0.1, 0.15) is 16.3 Å². The lowest BCUT2D eigenvalue weighted by Crippen LogP contribution is -2.32. The fourth-order valence-electron chi connectivity index (χ4n) is 2.28. The largest absolute Gasteiger partial charge is 0.433 e. The number of sulfonamides is 1. The van der Waals surface area contributed by atoms with E-state index in [1.54, 1.807) is 13.8 Å². The zero-order valence-corrected chi connectivity index (χ0v) is 16.7. The van der Waals surface area contributed by atoms with E-state index in [1.165, 1.54) is 17.7 Å². The highest BCUT2D eigenvalue weighted by molar-refractivity contribution is 7.89. The summed E-state index contributed by atoms with van der Waals surface area (Å²) in [4.78, 5) is 15.4. The summed E-state index contributed by atoms with van der Waals surface area (Å²) in [5.74, 6) is -0.864. The molecule has 28 heavy (non-hydrogen) atoms. The van der Waals surface area contributed by atoms with Crippen molar-refractivity contribution < 1.29 is 26.4 Å². The molecule has 0 aliphatic heterocycles. The number of alkyl halides is 3. The Bertz CT molecular complexity index is 990. The minimum atomic E-state index is -4.67. The highest BCUT2D eigenvalue weighted by atomic mass is 35.5. The Balaban J connectivity index is 2.34. The minimum Gasteiger partial charge on any atom is -0.344 e. The first-order chi connectivity index (χ1) is 12.9. The predicted octanol–water partition coefficient (Wildman–Crippen LogP) is 3.42. The van der Waals surface area contributed by atoms with Crippen molar-refractivity contribution in [2.75, 3.05) is 5.32 Å². The molecule has 1 atom stereocenters. The fourth-order valence-corrected chi connectivity index (χ4v) is 4.31. The van der Waals surface area contributed by atoms with E-state index >= 15 is 0 Å². The van der Waals surface area contributed by atoms with Crippen LogP contribution in [0.3, 0.4) is 0 Å². The van der Waals surface area contributed by atoms with Crippen molar-refractivity contribution in [3.8, 4) is 0 Å². The van der Waals surface area contributed by atoms with E-state index in [-0.39, 0.29) is 27.3 Å². The summed E-state index contributed by atoms with van der Waals surface area (Å²) in [6.45, 7) is 3.46. The first kappa shape index (κ1) is 22.2. The lowest BCUT2D eigenvalue weighted by Gasteiger charge is -2.11. The molecule has 0 saturated heterocycles. The maximum atomic E-state index is 12.8. The second kappa shape index (κ2) is 8.10. The number of aromatic nitrogens is 2. The predicted molar refractivity (Wildman–Crippen MR) is 97.7 cm³/mol. The second-order valence-electron chi connectivity index (χ2n) is 6.08. The van der Waals surface area contributed by atoms with Gasteiger partial charge in [-0.3, -0.25) is 9.78 Å². The Kier molecular flexibility index (Phi) is 6.41. The summed E-state index contributed by atoms with van der Waals surface area (Å²) in [5.41, 5.74) is -1.55. The van der Waals surface area contributed by atoms with Crippen LogP contribution in [0.25, 0.3) is 0 Å². The van der Waals surface area contributed by atoms with Crippen LogP contribution in [-0.2, 0) is 23.2 Å². The van der Waals surface area contributed by atoms with E-state index < -0.39 is 27.8 Å². The number of halogens is 4. The molecule has 12 heteroatoms. The molecule has 0 aromatic carbocycles. The third-order valence-corrected chi connectivity index (χ3v) is 5.97. The minimum absolute atomic E-state index is 0.160.